The van der Waals surface area contributed by atoms with Gasteiger partial charge < -0.3 is 10.2 Å². The van der Waals surface area contributed by atoms with Gasteiger partial charge in [0.2, 0.25) is 0 Å². The molecule has 1 unspecified atom stereocenters. The van der Waals surface area contributed by atoms with E-state index in [1.54, 1.807) is 0 Å². The molecule has 1 N–H and O–H groups in total. The van der Waals surface area contributed by atoms with Crippen LogP contribution in [0.3, 0.4) is 0 Å². The van der Waals surface area contributed by atoms with E-state index in [2.05, 4.69) is 15.3 Å². The zero-order valence-corrected chi connectivity index (χ0v) is 14.8. The molecule has 2 heterocycles. The summed E-state index contributed by atoms with van der Waals surface area (Å²) in [4.78, 5) is 22.6. The van der Waals surface area contributed by atoms with Crippen LogP contribution in [-0.4, -0.2) is 21.9 Å². The lowest BCUT2D eigenvalue weighted by molar-refractivity contribution is 0.102. The van der Waals surface area contributed by atoms with Crippen molar-refractivity contribution in [1.29, 1.82) is 0 Å². The predicted octanol–water partition coefficient (Wildman–Crippen LogP) is 4.23. The second kappa shape index (κ2) is 6.95. The number of para-hydroxylation sites is 1. The average molecular weight is 384 g/mol. The Morgan fingerprint density at radius 1 is 1.11 bits per heavy atom. The molecule has 0 spiro atoms. The molecule has 0 aliphatic carbocycles. The Labute approximate surface area is 158 Å². The molecule has 142 valence electrons. The zero-order valence-electron chi connectivity index (χ0n) is 14.8. The first kappa shape index (κ1) is 18.0. The Morgan fingerprint density at radius 3 is 2.71 bits per heavy atom. The molecule has 1 aromatic heterocycles. The van der Waals surface area contributed by atoms with Crippen molar-refractivity contribution < 1.29 is 18.0 Å². The number of carbonyl (C=O) groups excluding carboxylic acids is 1. The second-order valence-corrected chi connectivity index (χ2v) is 6.49. The van der Waals surface area contributed by atoms with Gasteiger partial charge in [0.25, 0.3) is 5.91 Å². The van der Waals surface area contributed by atoms with E-state index in [4.69, 9.17) is 0 Å². The number of fused-ring (bicyclic) bond motifs is 1. The van der Waals surface area contributed by atoms with E-state index in [0.29, 0.717) is 5.82 Å². The Kier molecular flexibility index (Phi) is 4.46. The van der Waals surface area contributed by atoms with E-state index in [-0.39, 0.29) is 11.7 Å². The molecule has 0 saturated heterocycles. The molecule has 8 heteroatoms. The number of amides is 1. The molecular formula is C20H15F3N4O. The van der Waals surface area contributed by atoms with Crippen LogP contribution in [-0.2, 0) is 6.42 Å². The summed E-state index contributed by atoms with van der Waals surface area (Å²) in [5, 5.41) is 2.21. The number of anilines is 3. The third-order valence-corrected chi connectivity index (χ3v) is 4.62. The van der Waals surface area contributed by atoms with E-state index in [1.165, 1.54) is 18.0 Å². The number of hydrogen-bond donors (Lipinski definition) is 1. The maximum Gasteiger partial charge on any atom is 0.274 e. The number of carbonyl (C=O) groups is 1. The monoisotopic (exact) mass is 384 g/mol. The van der Waals surface area contributed by atoms with Crippen LogP contribution in [0.2, 0.25) is 0 Å². The van der Waals surface area contributed by atoms with Crippen molar-refractivity contribution in [3.8, 4) is 0 Å². The van der Waals surface area contributed by atoms with Crippen molar-refractivity contribution in [2.24, 2.45) is 0 Å². The van der Waals surface area contributed by atoms with E-state index in [1.807, 2.05) is 36.1 Å². The number of benzene rings is 2. The van der Waals surface area contributed by atoms with Gasteiger partial charge in [-0.05, 0) is 37.1 Å². The molecule has 1 aliphatic rings. The maximum absolute atomic E-state index is 13.8. The summed E-state index contributed by atoms with van der Waals surface area (Å²) in [7, 11) is 0. The molecule has 4 rings (SSSR count). The van der Waals surface area contributed by atoms with Gasteiger partial charge >= 0.3 is 0 Å². The van der Waals surface area contributed by atoms with Crippen LogP contribution in [0.4, 0.5) is 30.4 Å². The van der Waals surface area contributed by atoms with Gasteiger partial charge in [-0.25, -0.2) is 23.1 Å². The van der Waals surface area contributed by atoms with Crippen molar-refractivity contribution in [2.45, 2.75) is 19.4 Å². The van der Waals surface area contributed by atoms with Crippen molar-refractivity contribution in [3.63, 3.8) is 0 Å². The van der Waals surface area contributed by atoms with Gasteiger partial charge in [-0.15, -0.1) is 0 Å². The highest BCUT2D eigenvalue weighted by Gasteiger charge is 2.28. The molecule has 0 bridgehead atoms. The lowest BCUT2D eigenvalue weighted by Gasteiger charge is -2.23. The lowest BCUT2D eigenvalue weighted by atomic mass is 10.1. The van der Waals surface area contributed by atoms with E-state index in [9.17, 15) is 18.0 Å². The zero-order chi connectivity index (χ0) is 19.8. The fourth-order valence-corrected chi connectivity index (χ4v) is 3.33. The summed E-state index contributed by atoms with van der Waals surface area (Å²) < 4.78 is 40.2. The summed E-state index contributed by atoms with van der Waals surface area (Å²) in [5.41, 5.74) is 1.67. The minimum Gasteiger partial charge on any atom is -0.323 e. The SMILES string of the molecule is CC1Cc2ccccc2N1c1cc(C(=O)Nc2ccc(F)c(F)c2F)ncn1. The third kappa shape index (κ3) is 3.06. The Morgan fingerprint density at radius 2 is 1.89 bits per heavy atom. The highest BCUT2D eigenvalue weighted by Crippen LogP contribution is 2.37. The van der Waals surface area contributed by atoms with E-state index < -0.39 is 29.0 Å². The Bertz CT molecular complexity index is 1070. The highest BCUT2D eigenvalue weighted by atomic mass is 19.2. The van der Waals surface area contributed by atoms with Gasteiger partial charge in [-0.2, -0.15) is 0 Å². The minimum atomic E-state index is -1.65. The first-order valence-corrected chi connectivity index (χ1v) is 8.59. The van der Waals surface area contributed by atoms with Gasteiger partial charge in [0, 0.05) is 17.8 Å². The van der Waals surface area contributed by atoms with Gasteiger partial charge in [-0.1, -0.05) is 18.2 Å². The molecule has 0 fully saturated rings. The summed E-state index contributed by atoms with van der Waals surface area (Å²) in [6.45, 7) is 2.04. The van der Waals surface area contributed by atoms with Crippen molar-refractivity contribution >= 4 is 23.1 Å². The van der Waals surface area contributed by atoms with Crippen molar-refractivity contribution in [3.05, 3.63) is 77.5 Å². The van der Waals surface area contributed by atoms with Gasteiger partial charge in [0.15, 0.2) is 17.5 Å². The molecule has 0 radical (unpaired) electrons. The van der Waals surface area contributed by atoms with Gasteiger partial charge in [0.05, 0.1) is 5.69 Å². The fraction of sp³-hybridized carbons (Fsp3) is 0.150. The summed E-state index contributed by atoms with van der Waals surface area (Å²) in [6, 6.07) is 11.2. The standard InChI is InChI=1S/C20H15F3N4O/c1-11-8-12-4-2-3-5-16(12)27(11)17-9-15(24-10-25-17)20(28)26-14-7-6-13(21)18(22)19(14)23/h2-7,9-11H,8H2,1H3,(H,26,28). The van der Waals surface area contributed by atoms with Crippen LogP contribution in [0, 0.1) is 17.5 Å². The average Bonchev–Trinajstić information content (AvgIpc) is 3.04. The largest absolute Gasteiger partial charge is 0.323 e. The number of hydrogen-bond acceptors (Lipinski definition) is 4. The first-order chi connectivity index (χ1) is 13.5. The molecule has 0 saturated carbocycles. The van der Waals surface area contributed by atoms with E-state index >= 15 is 0 Å². The summed E-state index contributed by atoms with van der Waals surface area (Å²) >= 11 is 0. The lowest BCUT2D eigenvalue weighted by Crippen LogP contribution is -2.25. The maximum atomic E-state index is 13.8. The molecule has 28 heavy (non-hydrogen) atoms. The molecular weight excluding hydrogens is 369 g/mol. The number of nitrogens with one attached hydrogen (secondary N) is 1. The smallest absolute Gasteiger partial charge is 0.274 e. The Balaban J connectivity index is 1.63. The van der Waals surface area contributed by atoms with Crippen molar-refractivity contribution in [1.82, 2.24) is 9.97 Å². The molecule has 1 amide bonds. The van der Waals surface area contributed by atoms with Crippen LogP contribution in [0.25, 0.3) is 0 Å². The number of aromatic nitrogens is 2. The van der Waals surface area contributed by atoms with Gasteiger partial charge in [-0.3, -0.25) is 4.79 Å². The summed E-state index contributed by atoms with van der Waals surface area (Å²) in [5.74, 6) is -4.69. The predicted molar refractivity (Wildman–Crippen MR) is 98.0 cm³/mol. The molecule has 1 aliphatic heterocycles. The van der Waals surface area contributed by atoms with Crippen LogP contribution >= 0.6 is 0 Å². The fourth-order valence-electron chi connectivity index (χ4n) is 3.33. The second-order valence-electron chi connectivity index (χ2n) is 6.49. The van der Waals surface area contributed by atoms with E-state index in [0.717, 1.165) is 24.2 Å². The normalized spacial score (nSPS) is 15.4. The van der Waals surface area contributed by atoms with Crippen LogP contribution < -0.4 is 10.2 Å². The number of halogens is 3. The van der Waals surface area contributed by atoms with Crippen LogP contribution in [0.5, 0.6) is 0 Å². The summed E-state index contributed by atoms with van der Waals surface area (Å²) in [6.07, 6.45) is 2.07. The molecule has 5 nitrogen and oxygen atoms in total. The minimum absolute atomic E-state index is 0.0225. The third-order valence-electron chi connectivity index (χ3n) is 4.62. The molecule has 3 aromatic rings. The first-order valence-electron chi connectivity index (χ1n) is 8.59. The number of rotatable bonds is 3. The topological polar surface area (TPSA) is 58.1 Å². The van der Waals surface area contributed by atoms with Crippen LogP contribution in [0.15, 0.2) is 48.8 Å². The van der Waals surface area contributed by atoms with Crippen molar-refractivity contribution in [2.75, 3.05) is 10.2 Å². The quantitative estimate of drug-likeness (QED) is 0.687. The molecule has 1 atom stereocenters. The number of nitrogens with zero attached hydrogens (tertiary/aromatic N) is 3. The molecule has 2 aromatic carbocycles. The van der Waals surface area contributed by atoms with Crippen LogP contribution in [0.1, 0.15) is 23.0 Å². The Hall–Kier alpha value is -3.42. The van der Waals surface area contributed by atoms with Gasteiger partial charge in [0.1, 0.15) is 17.8 Å². The highest BCUT2D eigenvalue weighted by molar-refractivity contribution is 6.03.